The molecule has 108 valence electrons. The molecule has 1 fully saturated rings. The molecular formula is C11H23ClN2O3S. The number of nitrogens with two attached hydrogens (primary N) is 1. The molecule has 7 heteroatoms. The van der Waals surface area contributed by atoms with E-state index in [1.54, 1.807) is 0 Å². The van der Waals surface area contributed by atoms with Crippen molar-refractivity contribution in [2.45, 2.75) is 32.7 Å². The van der Waals surface area contributed by atoms with Crippen LogP contribution in [0.4, 0.5) is 0 Å². The van der Waals surface area contributed by atoms with Crippen LogP contribution in [0.5, 0.6) is 0 Å². The number of carbonyl (C=O) groups is 1. The van der Waals surface area contributed by atoms with Crippen LogP contribution in [0.15, 0.2) is 0 Å². The minimum absolute atomic E-state index is 0. The Morgan fingerprint density at radius 3 is 2.33 bits per heavy atom. The zero-order valence-corrected chi connectivity index (χ0v) is 12.5. The van der Waals surface area contributed by atoms with Crippen molar-refractivity contribution in [1.82, 2.24) is 5.32 Å². The topological polar surface area (TPSA) is 89.3 Å². The van der Waals surface area contributed by atoms with Gasteiger partial charge in [-0.2, -0.15) is 0 Å². The standard InChI is InChI=1S/C11H22N2O3S.ClH/c1-8(2)6-17(15,16)7-11(14)13-10(5-12)9-3-4-9;/h8-10H,3-7,12H2,1-2H3,(H,13,14);1H. The Kier molecular flexibility index (Phi) is 7.17. The summed E-state index contributed by atoms with van der Waals surface area (Å²) in [5, 5.41) is 2.71. The van der Waals surface area contributed by atoms with Crippen LogP contribution in [0.2, 0.25) is 0 Å². The second kappa shape index (κ2) is 7.31. The van der Waals surface area contributed by atoms with Crippen LogP contribution in [0, 0.1) is 11.8 Å². The lowest BCUT2D eigenvalue weighted by Crippen LogP contribution is -2.44. The van der Waals surface area contributed by atoms with Gasteiger partial charge in [-0.05, 0) is 24.7 Å². The van der Waals surface area contributed by atoms with Gasteiger partial charge in [0.15, 0.2) is 9.84 Å². The van der Waals surface area contributed by atoms with Crippen LogP contribution in [0.1, 0.15) is 26.7 Å². The summed E-state index contributed by atoms with van der Waals surface area (Å²) in [4.78, 5) is 11.6. The zero-order valence-electron chi connectivity index (χ0n) is 10.9. The number of hydrogen-bond donors (Lipinski definition) is 2. The molecular weight excluding hydrogens is 276 g/mol. The van der Waals surface area contributed by atoms with Gasteiger partial charge in [0.25, 0.3) is 0 Å². The number of nitrogens with one attached hydrogen (secondary N) is 1. The SMILES string of the molecule is CC(C)CS(=O)(=O)CC(=O)NC(CN)C1CC1.Cl. The first kappa shape index (κ1) is 17.7. The second-order valence-corrected chi connectivity index (χ2v) is 7.30. The molecule has 0 aromatic carbocycles. The Morgan fingerprint density at radius 2 is 1.94 bits per heavy atom. The number of carbonyl (C=O) groups excluding carboxylic acids is 1. The molecule has 1 aliphatic carbocycles. The van der Waals surface area contributed by atoms with Crippen LogP contribution in [-0.2, 0) is 14.6 Å². The Morgan fingerprint density at radius 1 is 1.39 bits per heavy atom. The smallest absolute Gasteiger partial charge is 0.235 e. The summed E-state index contributed by atoms with van der Waals surface area (Å²) in [7, 11) is -3.29. The van der Waals surface area contributed by atoms with Crippen molar-refractivity contribution >= 4 is 28.2 Å². The van der Waals surface area contributed by atoms with E-state index >= 15 is 0 Å². The van der Waals surface area contributed by atoms with Crippen molar-refractivity contribution < 1.29 is 13.2 Å². The van der Waals surface area contributed by atoms with E-state index in [4.69, 9.17) is 5.73 Å². The highest BCUT2D eigenvalue weighted by molar-refractivity contribution is 7.92. The quantitative estimate of drug-likeness (QED) is 0.709. The molecule has 0 aromatic heterocycles. The van der Waals surface area contributed by atoms with Crippen molar-refractivity contribution in [2.24, 2.45) is 17.6 Å². The summed E-state index contributed by atoms with van der Waals surface area (Å²) in [6.07, 6.45) is 2.14. The van der Waals surface area contributed by atoms with Crippen molar-refractivity contribution in [2.75, 3.05) is 18.1 Å². The number of halogens is 1. The predicted octanol–water partition coefficient (Wildman–Crippen LogP) is 0.333. The molecule has 0 aliphatic heterocycles. The second-order valence-electron chi connectivity index (χ2n) is 5.20. The van der Waals surface area contributed by atoms with Gasteiger partial charge in [-0.3, -0.25) is 4.79 Å². The number of hydrogen-bond acceptors (Lipinski definition) is 4. The Hall–Kier alpha value is -0.330. The van der Waals surface area contributed by atoms with E-state index in [9.17, 15) is 13.2 Å². The lowest BCUT2D eigenvalue weighted by atomic mass is 10.2. The summed E-state index contributed by atoms with van der Waals surface area (Å²) in [5.41, 5.74) is 5.54. The van der Waals surface area contributed by atoms with E-state index in [1.807, 2.05) is 13.8 Å². The molecule has 1 saturated carbocycles. The van der Waals surface area contributed by atoms with Crippen molar-refractivity contribution in [3.8, 4) is 0 Å². The molecule has 1 rings (SSSR count). The lowest BCUT2D eigenvalue weighted by molar-refractivity contribution is -0.119. The summed E-state index contributed by atoms with van der Waals surface area (Å²) < 4.78 is 23.2. The molecule has 1 amide bonds. The summed E-state index contributed by atoms with van der Waals surface area (Å²) in [6, 6.07) is -0.0586. The van der Waals surface area contributed by atoms with Crippen LogP contribution in [0.25, 0.3) is 0 Å². The molecule has 5 nitrogen and oxygen atoms in total. The van der Waals surface area contributed by atoms with E-state index in [-0.39, 0.29) is 30.1 Å². The van der Waals surface area contributed by atoms with Gasteiger partial charge in [-0.1, -0.05) is 13.8 Å². The minimum atomic E-state index is -3.29. The van der Waals surface area contributed by atoms with Crippen molar-refractivity contribution in [1.29, 1.82) is 0 Å². The molecule has 0 saturated heterocycles. The Bertz CT molecular complexity index is 366. The molecule has 1 atom stereocenters. The number of sulfone groups is 1. The first-order chi connectivity index (χ1) is 7.84. The van der Waals surface area contributed by atoms with E-state index in [0.717, 1.165) is 12.8 Å². The molecule has 0 bridgehead atoms. The van der Waals surface area contributed by atoms with Gasteiger partial charge in [0, 0.05) is 12.6 Å². The fraction of sp³-hybridized carbons (Fsp3) is 0.909. The molecule has 3 N–H and O–H groups in total. The molecule has 1 unspecified atom stereocenters. The van der Waals surface area contributed by atoms with Gasteiger partial charge in [-0.25, -0.2) is 8.42 Å². The first-order valence-corrected chi connectivity index (χ1v) is 7.86. The van der Waals surface area contributed by atoms with Gasteiger partial charge in [0.2, 0.25) is 5.91 Å². The third-order valence-electron chi connectivity index (χ3n) is 2.73. The van der Waals surface area contributed by atoms with Crippen molar-refractivity contribution in [3.05, 3.63) is 0 Å². The molecule has 0 heterocycles. The number of rotatable bonds is 7. The largest absolute Gasteiger partial charge is 0.351 e. The van der Waals surface area contributed by atoms with Crippen LogP contribution >= 0.6 is 12.4 Å². The monoisotopic (exact) mass is 298 g/mol. The van der Waals surface area contributed by atoms with E-state index < -0.39 is 21.5 Å². The molecule has 18 heavy (non-hydrogen) atoms. The maximum absolute atomic E-state index is 11.6. The van der Waals surface area contributed by atoms with E-state index in [1.165, 1.54) is 0 Å². The third kappa shape index (κ3) is 6.56. The normalized spacial score (nSPS) is 17.1. The van der Waals surface area contributed by atoms with E-state index in [0.29, 0.717) is 12.5 Å². The van der Waals surface area contributed by atoms with Crippen molar-refractivity contribution in [3.63, 3.8) is 0 Å². The molecule has 0 spiro atoms. The van der Waals surface area contributed by atoms with E-state index in [2.05, 4.69) is 5.32 Å². The highest BCUT2D eigenvalue weighted by atomic mass is 35.5. The molecule has 0 radical (unpaired) electrons. The first-order valence-electron chi connectivity index (χ1n) is 6.04. The lowest BCUT2D eigenvalue weighted by Gasteiger charge is -2.16. The fourth-order valence-electron chi connectivity index (χ4n) is 1.88. The maximum Gasteiger partial charge on any atom is 0.235 e. The highest BCUT2D eigenvalue weighted by Crippen LogP contribution is 2.32. The van der Waals surface area contributed by atoms with Crippen LogP contribution in [-0.4, -0.2) is 38.4 Å². The summed E-state index contributed by atoms with van der Waals surface area (Å²) in [5.74, 6) is -0.308. The van der Waals surface area contributed by atoms with Crippen LogP contribution < -0.4 is 11.1 Å². The Balaban J connectivity index is 0.00000289. The third-order valence-corrected chi connectivity index (χ3v) is 4.61. The maximum atomic E-state index is 11.6. The van der Waals surface area contributed by atoms with Gasteiger partial charge < -0.3 is 11.1 Å². The average Bonchev–Trinajstić information content (AvgIpc) is 2.93. The summed E-state index contributed by atoms with van der Waals surface area (Å²) >= 11 is 0. The Labute approximate surface area is 115 Å². The van der Waals surface area contributed by atoms with Gasteiger partial charge in [-0.15, -0.1) is 12.4 Å². The molecule has 1 aliphatic rings. The van der Waals surface area contributed by atoms with Gasteiger partial charge in [0.05, 0.1) is 5.75 Å². The van der Waals surface area contributed by atoms with Crippen LogP contribution in [0.3, 0.4) is 0 Å². The number of amides is 1. The summed E-state index contributed by atoms with van der Waals surface area (Å²) in [6.45, 7) is 4.02. The predicted molar refractivity (Wildman–Crippen MR) is 74.4 cm³/mol. The zero-order chi connectivity index (χ0) is 13.1. The minimum Gasteiger partial charge on any atom is -0.351 e. The fourth-order valence-corrected chi connectivity index (χ4v) is 3.50. The average molecular weight is 299 g/mol. The van der Waals surface area contributed by atoms with Gasteiger partial charge in [0.1, 0.15) is 5.75 Å². The van der Waals surface area contributed by atoms with Gasteiger partial charge >= 0.3 is 0 Å². The molecule has 0 aromatic rings. The highest BCUT2D eigenvalue weighted by Gasteiger charge is 2.32.